The van der Waals surface area contributed by atoms with Gasteiger partial charge >= 0.3 is 6.09 Å². The minimum Gasteiger partial charge on any atom is -0.489 e. The van der Waals surface area contributed by atoms with Gasteiger partial charge in [0, 0.05) is 0 Å². The maximum Gasteiger partial charge on any atom is 0.426 e. The number of hydrogen-bond acceptors (Lipinski definition) is 6. The Morgan fingerprint density at radius 1 is 1.11 bits per heavy atom. The maximum absolute atomic E-state index is 11.9. The van der Waals surface area contributed by atoms with Crippen LogP contribution in [0.1, 0.15) is 43.4 Å². The lowest BCUT2D eigenvalue weighted by Gasteiger charge is -2.19. The summed E-state index contributed by atoms with van der Waals surface area (Å²) in [5, 5.41) is 3.89. The Morgan fingerprint density at radius 3 is 2.33 bits per heavy atom. The quantitative estimate of drug-likeness (QED) is 0.779. The average Bonchev–Trinajstić information content (AvgIpc) is 2.89. The third kappa shape index (κ3) is 6.65. The Labute approximate surface area is 158 Å². The van der Waals surface area contributed by atoms with E-state index in [9.17, 15) is 9.59 Å². The van der Waals surface area contributed by atoms with Crippen molar-refractivity contribution in [3.8, 4) is 5.75 Å². The molecule has 1 aromatic heterocycles. The zero-order chi connectivity index (χ0) is 20.0. The third-order valence-corrected chi connectivity index (χ3v) is 3.56. The molecule has 1 aromatic carbocycles. The number of carbonyl (C=O) groups is 2. The van der Waals surface area contributed by atoms with Gasteiger partial charge in [0.2, 0.25) is 5.91 Å². The van der Waals surface area contributed by atoms with Crippen LogP contribution >= 0.6 is 0 Å². The van der Waals surface area contributed by atoms with Gasteiger partial charge in [0.05, 0.1) is 17.7 Å². The Kier molecular flexibility index (Phi) is 6.44. The molecule has 0 aliphatic carbocycles. The predicted molar refractivity (Wildman–Crippen MR) is 98.0 cm³/mol. The molecule has 8 heteroatoms. The van der Waals surface area contributed by atoms with E-state index in [-0.39, 0.29) is 12.3 Å². The Morgan fingerprint density at radius 2 is 1.78 bits per heavy atom. The maximum atomic E-state index is 11.9. The molecule has 0 atom stereocenters. The van der Waals surface area contributed by atoms with Crippen LogP contribution in [0.4, 0.5) is 4.79 Å². The first-order valence-corrected chi connectivity index (χ1v) is 8.55. The van der Waals surface area contributed by atoms with Crippen LogP contribution in [0.5, 0.6) is 5.75 Å². The Bertz CT molecular complexity index is 771. The monoisotopic (exact) mass is 375 g/mol. The van der Waals surface area contributed by atoms with E-state index >= 15 is 0 Å². The molecule has 1 heterocycles. The van der Waals surface area contributed by atoms with E-state index in [0.717, 1.165) is 22.6 Å². The van der Waals surface area contributed by atoms with Gasteiger partial charge in [0.1, 0.15) is 23.7 Å². The lowest BCUT2D eigenvalue weighted by atomic mass is 10.1. The number of benzene rings is 1. The second-order valence-electron chi connectivity index (χ2n) is 7.09. The fourth-order valence-corrected chi connectivity index (χ4v) is 2.22. The number of aromatic nitrogens is 1. The van der Waals surface area contributed by atoms with Gasteiger partial charge in [-0.3, -0.25) is 10.2 Å². The van der Waals surface area contributed by atoms with Crippen LogP contribution < -0.4 is 15.6 Å². The summed E-state index contributed by atoms with van der Waals surface area (Å²) < 4.78 is 15.9. The number of carbonyl (C=O) groups excluding carboxylic acids is 2. The molecule has 2 amide bonds. The van der Waals surface area contributed by atoms with Gasteiger partial charge < -0.3 is 14.0 Å². The molecular weight excluding hydrogens is 350 g/mol. The number of amides is 2. The van der Waals surface area contributed by atoms with E-state index in [0.29, 0.717) is 12.4 Å². The summed E-state index contributed by atoms with van der Waals surface area (Å²) in [6, 6.07) is 7.13. The van der Waals surface area contributed by atoms with Crippen LogP contribution in [0.15, 0.2) is 28.8 Å². The van der Waals surface area contributed by atoms with Gasteiger partial charge in [-0.25, -0.2) is 10.2 Å². The molecule has 2 aromatic rings. The summed E-state index contributed by atoms with van der Waals surface area (Å²) in [7, 11) is 0. The van der Waals surface area contributed by atoms with Crippen molar-refractivity contribution < 1.29 is 23.6 Å². The van der Waals surface area contributed by atoms with Gasteiger partial charge in [-0.15, -0.1) is 0 Å². The first kappa shape index (κ1) is 20.3. The summed E-state index contributed by atoms with van der Waals surface area (Å²) in [6.07, 6.45) is -0.598. The molecule has 0 bridgehead atoms. The molecule has 0 radical (unpaired) electrons. The van der Waals surface area contributed by atoms with Crippen LogP contribution in [0.2, 0.25) is 0 Å². The molecule has 0 saturated heterocycles. The van der Waals surface area contributed by atoms with Gasteiger partial charge in [0.25, 0.3) is 0 Å². The minimum atomic E-state index is -0.709. The SMILES string of the molecule is Cc1noc(C)c1COc1ccc(CC(=O)NNC(=O)OC(C)(C)C)cc1. The topological polar surface area (TPSA) is 103 Å². The van der Waals surface area contributed by atoms with E-state index in [1.807, 2.05) is 13.8 Å². The van der Waals surface area contributed by atoms with Crippen LogP contribution in [0.25, 0.3) is 0 Å². The van der Waals surface area contributed by atoms with Gasteiger partial charge in [-0.2, -0.15) is 0 Å². The molecule has 0 unspecified atom stereocenters. The van der Waals surface area contributed by atoms with Crippen molar-refractivity contribution >= 4 is 12.0 Å². The standard InChI is InChI=1S/C19H25N3O5/c1-12-16(13(2)27-22-12)11-25-15-8-6-14(7-9-15)10-17(23)20-21-18(24)26-19(3,4)5/h6-9H,10-11H2,1-5H3,(H,20,23)(H,21,24). The molecule has 0 saturated carbocycles. The summed E-state index contributed by atoms with van der Waals surface area (Å²) in [6.45, 7) is 9.28. The molecule has 2 N–H and O–H groups in total. The molecule has 146 valence electrons. The van der Waals surface area contributed by atoms with Crippen LogP contribution in [0, 0.1) is 13.8 Å². The molecule has 0 fully saturated rings. The van der Waals surface area contributed by atoms with Gasteiger partial charge in [0.15, 0.2) is 0 Å². The molecule has 27 heavy (non-hydrogen) atoms. The Hall–Kier alpha value is -3.03. The van der Waals surface area contributed by atoms with Crippen molar-refractivity contribution in [1.82, 2.24) is 16.0 Å². The lowest BCUT2D eigenvalue weighted by molar-refractivity contribution is -0.121. The number of rotatable bonds is 5. The van der Waals surface area contributed by atoms with Crippen LogP contribution in [0.3, 0.4) is 0 Å². The zero-order valence-electron chi connectivity index (χ0n) is 16.2. The second-order valence-corrected chi connectivity index (χ2v) is 7.09. The smallest absolute Gasteiger partial charge is 0.426 e. The first-order valence-electron chi connectivity index (χ1n) is 8.55. The van der Waals surface area contributed by atoms with Crippen LogP contribution in [-0.4, -0.2) is 22.8 Å². The Balaban J connectivity index is 1.79. The summed E-state index contributed by atoms with van der Waals surface area (Å²) >= 11 is 0. The highest BCUT2D eigenvalue weighted by Crippen LogP contribution is 2.18. The highest BCUT2D eigenvalue weighted by atomic mass is 16.6. The summed E-state index contributed by atoms with van der Waals surface area (Å²) in [5.41, 5.74) is 6.41. The number of hydrogen-bond donors (Lipinski definition) is 2. The van der Waals surface area contributed by atoms with Crippen molar-refractivity contribution in [3.63, 3.8) is 0 Å². The van der Waals surface area contributed by atoms with E-state index in [4.69, 9.17) is 14.0 Å². The van der Waals surface area contributed by atoms with Crippen molar-refractivity contribution in [2.24, 2.45) is 0 Å². The number of aryl methyl sites for hydroxylation is 2. The number of nitrogens with zero attached hydrogens (tertiary/aromatic N) is 1. The van der Waals surface area contributed by atoms with E-state index in [1.165, 1.54) is 0 Å². The largest absolute Gasteiger partial charge is 0.489 e. The summed E-state index contributed by atoms with van der Waals surface area (Å²) in [4.78, 5) is 23.4. The molecular formula is C19H25N3O5. The average molecular weight is 375 g/mol. The van der Waals surface area contributed by atoms with Gasteiger partial charge in [-0.05, 0) is 52.3 Å². The summed E-state index contributed by atoms with van der Waals surface area (Å²) in [5.74, 6) is 1.05. The normalized spacial score (nSPS) is 11.0. The lowest BCUT2D eigenvalue weighted by Crippen LogP contribution is -2.44. The van der Waals surface area contributed by atoms with E-state index < -0.39 is 11.7 Å². The van der Waals surface area contributed by atoms with Gasteiger partial charge in [-0.1, -0.05) is 17.3 Å². The molecule has 0 spiro atoms. The fourth-order valence-electron chi connectivity index (χ4n) is 2.22. The van der Waals surface area contributed by atoms with E-state index in [2.05, 4.69) is 16.0 Å². The van der Waals surface area contributed by atoms with Crippen molar-refractivity contribution in [2.75, 3.05) is 0 Å². The van der Waals surface area contributed by atoms with Crippen molar-refractivity contribution in [2.45, 2.75) is 53.2 Å². The molecule has 0 aliphatic heterocycles. The number of ether oxygens (including phenoxy) is 2. The second kappa shape index (κ2) is 8.57. The molecule has 8 nitrogen and oxygen atoms in total. The third-order valence-electron chi connectivity index (χ3n) is 3.56. The molecule has 2 rings (SSSR count). The number of hydrazine groups is 1. The van der Waals surface area contributed by atoms with Crippen molar-refractivity contribution in [1.29, 1.82) is 0 Å². The highest BCUT2D eigenvalue weighted by molar-refractivity contribution is 5.81. The number of nitrogens with one attached hydrogen (secondary N) is 2. The predicted octanol–water partition coefficient (Wildman–Crippen LogP) is 2.97. The van der Waals surface area contributed by atoms with E-state index in [1.54, 1.807) is 45.0 Å². The minimum absolute atomic E-state index is 0.111. The van der Waals surface area contributed by atoms with Crippen LogP contribution in [-0.2, 0) is 22.6 Å². The first-order chi connectivity index (χ1) is 12.6. The fraction of sp³-hybridized carbons (Fsp3) is 0.421. The molecule has 0 aliphatic rings. The highest BCUT2D eigenvalue weighted by Gasteiger charge is 2.16. The van der Waals surface area contributed by atoms with Crippen molar-refractivity contribution in [3.05, 3.63) is 46.8 Å². The zero-order valence-corrected chi connectivity index (χ0v) is 16.2.